The van der Waals surface area contributed by atoms with Gasteiger partial charge in [0.25, 0.3) is 0 Å². The number of nitrogens with one attached hydrogen (secondary N) is 2. The van der Waals surface area contributed by atoms with Crippen molar-refractivity contribution < 1.29 is 4.79 Å². The Morgan fingerprint density at radius 2 is 1.61 bits per heavy atom. The molecule has 0 saturated carbocycles. The highest BCUT2D eigenvalue weighted by Crippen LogP contribution is 2.28. The molecule has 4 rings (SSSR count). The number of hydrogen-bond acceptors (Lipinski definition) is 3. The predicted molar refractivity (Wildman–Crippen MR) is 128 cm³/mol. The topological polar surface area (TPSA) is 47.6 Å². The summed E-state index contributed by atoms with van der Waals surface area (Å²) in [5, 5.41) is 6.00. The Morgan fingerprint density at radius 1 is 0.935 bits per heavy atom. The fourth-order valence-corrected chi connectivity index (χ4v) is 4.12. The summed E-state index contributed by atoms with van der Waals surface area (Å²) in [5.41, 5.74) is 5.97. The fraction of sp³-hybridized carbons (Fsp3) is 0.269. The molecule has 0 radical (unpaired) electrons. The van der Waals surface area contributed by atoms with E-state index in [-0.39, 0.29) is 12.1 Å². The van der Waals surface area contributed by atoms with E-state index in [1.165, 1.54) is 22.4 Å². The maximum Gasteiger partial charge on any atom is 0.319 e. The van der Waals surface area contributed by atoms with Gasteiger partial charge in [0.1, 0.15) is 0 Å². The lowest BCUT2D eigenvalue weighted by atomic mass is 9.96. The second kappa shape index (κ2) is 9.67. The third-order valence-electron chi connectivity index (χ3n) is 5.88. The maximum absolute atomic E-state index is 12.5. The number of carbonyl (C=O) groups is 1. The summed E-state index contributed by atoms with van der Waals surface area (Å²) >= 11 is 0. The predicted octanol–water partition coefficient (Wildman–Crippen LogP) is 4.67. The van der Waals surface area contributed by atoms with Crippen LogP contribution in [0.25, 0.3) is 0 Å². The van der Waals surface area contributed by atoms with Crippen molar-refractivity contribution in [3.05, 3.63) is 95.6 Å². The molecule has 2 N–H and O–H groups in total. The Hall–Kier alpha value is -3.31. The Labute approximate surface area is 184 Å². The second-order valence-electron chi connectivity index (χ2n) is 8.19. The lowest BCUT2D eigenvalue weighted by Crippen LogP contribution is -2.41. The van der Waals surface area contributed by atoms with Crippen LogP contribution in [-0.2, 0) is 13.0 Å². The summed E-state index contributed by atoms with van der Waals surface area (Å²) in [6.07, 6.45) is 1.03. The SMILES string of the molecule is CN(C)c1ccc([C@@H](CNC(=O)Nc2ccccc2)N2CCc3ccccc3C2)cc1. The Balaban J connectivity index is 1.50. The van der Waals surface area contributed by atoms with E-state index >= 15 is 0 Å². The molecule has 160 valence electrons. The Kier molecular flexibility index (Phi) is 6.53. The van der Waals surface area contributed by atoms with Crippen molar-refractivity contribution in [2.75, 3.05) is 37.4 Å². The molecule has 1 aliphatic heterocycles. The number of nitrogens with zero attached hydrogens (tertiary/aromatic N) is 2. The highest BCUT2D eigenvalue weighted by molar-refractivity contribution is 5.89. The van der Waals surface area contributed by atoms with Gasteiger partial charge in [0.05, 0.1) is 6.04 Å². The maximum atomic E-state index is 12.5. The van der Waals surface area contributed by atoms with E-state index in [1.54, 1.807) is 0 Å². The van der Waals surface area contributed by atoms with E-state index in [9.17, 15) is 4.79 Å². The molecule has 5 nitrogen and oxygen atoms in total. The van der Waals surface area contributed by atoms with Crippen LogP contribution in [0.1, 0.15) is 22.7 Å². The molecule has 1 atom stereocenters. The molecule has 31 heavy (non-hydrogen) atoms. The van der Waals surface area contributed by atoms with Crippen molar-refractivity contribution in [1.29, 1.82) is 0 Å². The molecule has 0 bridgehead atoms. The Bertz CT molecular complexity index is 1000. The lowest BCUT2D eigenvalue weighted by Gasteiger charge is -2.36. The first-order chi connectivity index (χ1) is 15.1. The number of para-hydroxylation sites is 1. The average Bonchev–Trinajstić information content (AvgIpc) is 2.80. The largest absolute Gasteiger partial charge is 0.378 e. The zero-order chi connectivity index (χ0) is 21.6. The third kappa shape index (κ3) is 5.25. The summed E-state index contributed by atoms with van der Waals surface area (Å²) in [5.74, 6) is 0. The van der Waals surface area contributed by atoms with Crippen LogP contribution in [0.4, 0.5) is 16.2 Å². The summed E-state index contributed by atoms with van der Waals surface area (Å²) < 4.78 is 0. The molecule has 1 heterocycles. The van der Waals surface area contributed by atoms with Crippen molar-refractivity contribution in [3.8, 4) is 0 Å². The average molecular weight is 415 g/mol. The van der Waals surface area contributed by atoms with Crippen molar-refractivity contribution in [1.82, 2.24) is 10.2 Å². The molecular formula is C26H30N4O. The summed E-state index contributed by atoms with van der Waals surface area (Å²) in [6.45, 7) is 2.40. The Morgan fingerprint density at radius 3 is 2.32 bits per heavy atom. The van der Waals surface area contributed by atoms with Crippen LogP contribution in [0.3, 0.4) is 0 Å². The van der Waals surface area contributed by atoms with E-state index in [1.807, 2.05) is 44.4 Å². The van der Waals surface area contributed by atoms with Crippen molar-refractivity contribution in [2.24, 2.45) is 0 Å². The number of rotatable bonds is 6. The van der Waals surface area contributed by atoms with Gasteiger partial charge in [0, 0.05) is 45.1 Å². The first-order valence-electron chi connectivity index (χ1n) is 10.8. The quantitative estimate of drug-likeness (QED) is 0.616. The minimum atomic E-state index is -0.182. The molecule has 5 heteroatoms. The monoisotopic (exact) mass is 414 g/mol. The smallest absolute Gasteiger partial charge is 0.319 e. The number of fused-ring (bicyclic) bond motifs is 1. The standard InChI is InChI=1S/C26H30N4O/c1-29(2)24-14-12-21(13-15-24)25(18-27-26(31)28-23-10-4-3-5-11-23)30-17-16-20-8-6-7-9-22(20)19-30/h3-15,25H,16-19H2,1-2H3,(H2,27,28,31)/t25-/m1/s1. The number of carbonyl (C=O) groups excluding carboxylic acids is 1. The second-order valence-corrected chi connectivity index (χ2v) is 8.19. The van der Waals surface area contributed by atoms with Crippen molar-refractivity contribution in [2.45, 2.75) is 19.0 Å². The normalized spacial score (nSPS) is 14.4. The molecule has 0 aromatic heterocycles. The van der Waals surface area contributed by atoms with E-state index in [4.69, 9.17) is 0 Å². The molecule has 0 saturated heterocycles. The van der Waals surface area contributed by atoms with Gasteiger partial charge in [-0.25, -0.2) is 4.79 Å². The van der Waals surface area contributed by atoms with Crippen LogP contribution >= 0.6 is 0 Å². The first-order valence-corrected chi connectivity index (χ1v) is 10.8. The van der Waals surface area contributed by atoms with Crippen LogP contribution < -0.4 is 15.5 Å². The zero-order valence-corrected chi connectivity index (χ0v) is 18.2. The molecule has 0 spiro atoms. The van der Waals surface area contributed by atoms with Crippen LogP contribution in [0.2, 0.25) is 0 Å². The van der Waals surface area contributed by atoms with Crippen LogP contribution in [0.5, 0.6) is 0 Å². The van der Waals surface area contributed by atoms with Gasteiger partial charge in [-0.15, -0.1) is 0 Å². The minimum Gasteiger partial charge on any atom is -0.378 e. The van der Waals surface area contributed by atoms with Crippen molar-refractivity contribution >= 4 is 17.4 Å². The minimum absolute atomic E-state index is 0.103. The number of hydrogen-bond donors (Lipinski definition) is 2. The van der Waals surface area contributed by atoms with Gasteiger partial charge in [0.2, 0.25) is 0 Å². The van der Waals surface area contributed by atoms with Gasteiger partial charge in [-0.2, -0.15) is 0 Å². The van der Waals surface area contributed by atoms with Gasteiger partial charge < -0.3 is 15.5 Å². The van der Waals surface area contributed by atoms with Crippen LogP contribution in [-0.4, -0.2) is 38.1 Å². The van der Waals surface area contributed by atoms with E-state index < -0.39 is 0 Å². The van der Waals surface area contributed by atoms with Gasteiger partial charge in [-0.1, -0.05) is 54.6 Å². The highest BCUT2D eigenvalue weighted by Gasteiger charge is 2.25. The number of benzene rings is 3. The zero-order valence-electron chi connectivity index (χ0n) is 18.2. The summed E-state index contributed by atoms with van der Waals surface area (Å²) in [4.78, 5) is 17.1. The first kappa shape index (κ1) is 20.9. The number of urea groups is 1. The van der Waals surface area contributed by atoms with E-state index in [0.717, 1.165) is 25.2 Å². The molecule has 0 aliphatic carbocycles. The number of anilines is 2. The third-order valence-corrected chi connectivity index (χ3v) is 5.88. The number of amides is 2. The van der Waals surface area contributed by atoms with Gasteiger partial charge in [-0.3, -0.25) is 4.90 Å². The lowest BCUT2D eigenvalue weighted by molar-refractivity contribution is 0.175. The van der Waals surface area contributed by atoms with Crippen molar-refractivity contribution in [3.63, 3.8) is 0 Å². The highest BCUT2D eigenvalue weighted by atomic mass is 16.2. The summed E-state index contributed by atoms with van der Waals surface area (Å²) in [6, 6.07) is 26.7. The van der Waals surface area contributed by atoms with E-state index in [2.05, 4.69) is 69.0 Å². The summed E-state index contributed by atoms with van der Waals surface area (Å²) in [7, 11) is 4.09. The molecule has 3 aromatic carbocycles. The van der Waals surface area contributed by atoms with E-state index in [0.29, 0.717) is 6.54 Å². The van der Waals surface area contributed by atoms with Gasteiger partial charge in [-0.05, 0) is 47.4 Å². The fourth-order valence-electron chi connectivity index (χ4n) is 4.12. The molecule has 1 aliphatic rings. The molecule has 0 unspecified atom stereocenters. The molecule has 3 aromatic rings. The molecule has 0 fully saturated rings. The van der Waals surface area contributed by atoms with Gasteiger partial charge >= 0.3 is 6.03 Å². The van der Waals surface area contributed by atoms with Crippen LogP contribution in [0.15, 0.2) is 78.9 Å². The van der Waals surface area contributed by atoms with Crippen LogP contribution in [0, 0.1) is 0 Å². The molecular weight excluding hydrogens is 384 g/mol. The van der Waals surface area contributed by atoms with Gasteiger partial charge in [0.15, 0.2) is 0 Å². The molecule has 2 amide bonds.